The van der Waals surface area contributed by atoms with Crippen LogP contribution in [0.25, 0.3) is 22.6 Å². The number of rotatable bonds is 1. The van der Waals surface area contributed by atoms with Crippen molar-refractivity contribution in [3.05, 3.63) is 53.3 Å². The molecule has 3 aromatic rings. The molecule has 0 spiro atoms. The van der Waals surface area contributed by atoms with E-state index in [2.05, 4.69) is 19.5 Å². The van der Waals surface area contributed by atoms with Crippen molar-refractivity contribution in [2.45, 2.75) is 6.54 Å². The third-order valence-electron chi connectivity index (χ3n) is 3.49. The summed E-state index contributed by atoms with van der Waals surface area (Å²) in [5.74, 6) is 1.60. The summed E-state index contributed by atoms with van der Waals surface area (Å²) >= 11 is 0. The van der Waals surface area contributed by atoms with Gasteiger partial charge in [-0.1, -0.05) is 0 Å². The van der Waals surface area contributed by atoms with Gasteiger partial charge in [0.25, 0.3) is 0 Å². The number of imidazole rings is 1. The minimum absolute atomic E-state index is 0.132. The van der Waals surface area contributed by atoms with Crippen LogP contribution in [0.4, 0.5) is 0 Å². The largest absolute Gasteiger partial charge is 0.489 e. The van der Waals surface area contributed by atoms with E-state index in [9.17, 15) is 4.79 Å². The third kappa shape index (κ3) is 2.01. The topological polar surface area (TPSA) is 72.8 Å². The average Bonchev–Trinajstić information content (AvgIpc) is 2.90. The molecule has 0 amide bonds. The van der Waals surface area contributed by atoms with Crippen molar-refractivity contribution < 1.29 is 4.74 Å². The summed E-state index contributed by atoms with van der Waals surface area (Å²) in [6.45, 7) is 1.36. The lowest BCUT2D eigenvalue weighted by molar-refractivity contribution is 0.305. The number of nitrogens with zero attached hydrogens (tertiary/aromatic N) is 3. The van der Waals surface area contributed by atoms with E-state index in [-0.39, 0.29) is 5.56 Å². The first-order valence-electron chi connectivity index (χ1n) is 6.65. The van der Waals surface area contributed by atoms with E-state index in [1.165, 1.54) is 6.07 Å². The van der Waals surface area contributed by atoms with E-state index < -0.39 is 0 Å². The molecule has 1 aliphatic rings. The molecular weight excluding hydrogens is 268 g/mol. The first-order valence-corrected chi connectivity index (χ1v) is 6.65. The number of nitrogens with one attached hydrogen (secondary N) is 1. The molecule has 0 radical (unpaired) electrons. The second-order valence-electron chi connectivity index (χ2n) is 4.80. The predicted octanol–water partition coefficient (Wildman–Crippen LogP) is 1.69. The lowest BCUT2D eigenvalue weighted by Gasteiger charge is -2.08. The van der Waals surface area contributed by atoms with Crippen LogP contribution >= 0.6 is 0 Å². The smallest absolute Gasteiger partial charge is 0.247 e. The van der Waals surface area contributed by atoms with Crippen LogP contribution < -0.4 is 10.3 Å². The van der Waals surface area contributed by atoms with Crippen molar-refractivity contribution >= 4 is 0 Å². The molecule has 4 heterocycles. The Kier molecular flexibility index (Phi) is 2.60. The van der Waals surface area contributed by atoms with Gasteiger partial charge in [-0.15, -0.1) is 0 Å². The fourth-order valence-corrected chi connectivity index (χ4v) is 2.45. The van der Waals surface area contributed by atoms with Crippen molar-refractivity contribution in [1.29, 1.82) is 0 Å². The maximum Gasteiger partial charge on any atom is 0.247 e. The van der Waals surface area contributed by atoms with Crippen LogP contribution in [0.5, 0.6) is 5.75 Å². The van der Waals surface area contributed by atoms with Gasteiger partial charge in [-0.2, -0.15) is 0 Å². The Balaban J connectivity index is 1.88. The van der Waals surface area contributed by atoms with Gasteiger partial charge in [0.05, 0.1) is 24.0 Å². The Bertz CT molecular complexity index is 846. The van der Waals surface area contributed by atoms with Crippen LogP contribution in [0.2, 0.25) is 0 Å². The predicted molar refractivity (Wildman–Crippen MR) is 77.0 cm³/mol. The van der Waals surface area contributed by atoms with Gasteiger partial charge >= 0.3 is 0 Å². The number of pyridine rings is 2. The highest BCUT2D eigenvalue weighted by Crippen LogP contribution is 2.33. The molecule has 0 fully saturated rings. The highest BCUT2D eigenvalue weighted by atomic mass is 16.5. The molecule has 104 valence electrons. The molecule has 0 atom stereocenters. The monoisotopic (exact) mass is 280 g/mol. The van der Waals surface area contributed by atoms with Crippen LogP contribution in [0.15, 0.2) is 47.8 Å². The van der Waals surface area contributed by atoms with Crippen molar-refractivity contribution in [1.82, 2.24) is 19.5 Å². The van der Waals surface area contributed by atoms with E-state index in [0.717, 1.165) is 34.9 Å². The molecule has 21 heavy (non-hydrogen) atoms. The van der Waals surface area contributed by atoms with Crippen LogP contribution in [0.3, 0.4) is 0 Å². The Morgan fingerprint density at radius 1 is 1.29 bits per heavy atom. The highest BCUT2D eigenvalue weighted by molar-refractivity contribution is 5.71. The Morgan fingerprint density at radius 2 is 2.24 bits per heavy atom. The Labute approximate surface area is 120 Å². The van der Waals surface area contributed by atoms with Gasteiger partial charge in [0.2, 0.25) is 5.56 Å². The molecule has 3 aromatic heterocycles. The molecule has 0 unspecified atom stereocenters. The van der Waals surface area contributed by atoms with Crippen molar-refractivity contribution in [3.63, 3.8) is 0 Å². The molecule has 0 saturated heterocycles. The lowest BCUT2D eigenvalue weighted by atomic mass is 10.1. The maximum atomic E-state index is 11.2. The Morgan fingerprint density at radius 3 is 3.10 bits per heavy atom. The normalized spacial score (nSPS) is 13.0. The average molecular weight is 280 g/mol. The van der Waals surface area contributed by atoms with E-state index in [4.69, 9.17) is 4.74 Å². The van der Waals surface area contributed by atoms with Gasteiger partial charge in [-0.3, -0.25) is 9.78 Å². The van der Waals surface area contributed by atoms with Crippen molar-refractivity contribution in [2.75, 3.05) is 6.61 Å². The quantitative estimate of drug-likeness (QED) is 0.736. The standard InChI is InChI=1S/C15H12N4O2/c20-14-2-1-10(8-18-14)12-7-11-13(9-17-12)21-6-5-19-4-3-16-15(11)19/h1-4,7-9H,5-6H2,(H,18,20). The highest BCUT2D eigenvalue weighted by Gasteiger charge is 2.17. The van der Waals surface area contributed by atoms with Gasteiger partial charge in [-0.05, 0) is 12.1 Å². The fourth-order valence-electron chi connectivity index (χ4n) is 2.45. The third-order valence-corrected chi connectivity index (χ3v) is 3.49. The van der Waals surface area contributed by atoms with Crippen LogP contribution in [-0.2, 0) is 6.54 Å². The number of aromatic nitrogens is 4. The van der Waals surface area contributed by atoms with Gasteiger partial charge in [0, 0.05) is 30.2 Å². The summed E-state index contributed by atoms with van der Waals surface area (Å²) in [6.07, 6.45) is 7.08. The second-order valence-corrected chi connectivity index (χ2v) is 4.80. The molecule has 1 N–H and O–H groups in total. The van der Waals surface area contributed by atoms with E-state index >= 15 is 0 Å². The summed E-state index contributed by atoms with van der Waals surface area (Å²) in [5.41, 5.74) is 2.39. The van der Waals surface area contributed by atoms with E-state index in [1.54, 1.807) is 24.7 Å². The van der Waals surface area contributed by atoms with Gasteiger partial charge in [0.15, 0.2) is 0 Å². The summed E-state index contributed by atoms with van der Waals surface area (Å²) in [7, 11) is 0. The number of H-pyrrole nitrogens is 1. The van der Waals surface area contributed by atoms with E-state index in [1.807, 2.05) is 12.3 Å². The number of hydrogen-bond acceptors (Lipinski definition) is 4. The van der Waals surface area contributed by atoms with Crippen molar-refractivity contribution in [3.8, 4) is 28.4 Å². The summed E-state index contributed by atoms with van der Waals surface area (Å²) in [5, 5.41) is 0. The van der Waals surface area contributed by atoms with Gasteiger partial charge in [0.1, 0.15) is 18.2 Å². The Hall–Kier alpha value is -2.89. The summed E-state index contributed by atoms with van der Waals surface area (Å²) in [6, 6.07) is 5.17. The maximum absolute atomic E-state index is 11.2. The number of aromatic amines is 1. The fraction of sp³-hybridized carbons (Fsp3) is 0.133. The SMILES string of the molecule is O=c1ccc(-c2cc3c(cn2)OCCn2ccnc2-3)c[nH]1. The molecule has 0 saturated carbocycles. The molecule has 6 heteroatoms. The molecule has 1 aliphatic heterocycles. The molecule has 4 rings (SSSR count). The first-order chi connectivity index (χ1) is 10.3. The minimum Gasteiger partial charge on any atom is -0.489 e. The zero-order valence-corrected chi connectivity index (χ0v) is 11.1. The first kappa shape index (κ1) is 11.9. The lowest BCUT2D eigenvalue weighted by Crippen LogP contribution is -2.04. The molecule has 0 bridgehead atoms. The molecular formula is C15H12N4O2. The van der Waals surface area contributed by atoms with Crippen LogP contribution in [0.1, 0.15) is 0 Å². The van der Waals surface area contributed by atoms with E-state index in [0.29, 0.717) is 6.61 Å². The van der Waals surface area contributed by atoms with Gasteiger partial charge in [-0.25, -0.2) is 4.98 Å². The molecule has 6 nitrogen and oxygen atoms in total. The van der Waals surface area contributed by atoms with Gasteiger partial charge < -0.3 is 14.3 Å². The van der Waals surface area contributed by atoms with Crippen molar-refractivity contribution in [2.24, 2.45) is 0 Å². The van der Waals surface area contributed by atoms with Crippen LogP contribution in [0, 0.1) is 0 Å². The van der Waals surface area contributed by atoms with Crippen LogP contribution in [-0.4, -0.2) is 26.1 Å². The zero-order chi connectivity index (χ0) is 14.2. The number of ether oxygens (including phenoxy) is 1. The summed E-state index contributed by atoms with van der Waals surface area (Å²) in [4.78, 5) is 22.6. The summed E-state index contributed by atoms with van der Waals surface area (Å²) < 4.78 is 7.78. The molecule has 0 aliphatic carbocycles. The zero-order valence-electron chi connectivity index (χ0n) is 11.1. The number of hydrogen-bond donors (Lipinski definition) is 1. The number of fused-ring (bicyclic) bond motifs is 3. The second kappa shape index (κ2) is 4.59. The minimum atomic E-state index is -0.132. The molecule has 0 aromatic carbocycles.